The first-order valence-corrected chi connectivity index (χ1v) is 11.3. The van der Waals surface area contributed by atoms with Crippen LogP contribution in [0.3, 0.4) is 0 Å². The standard InChI is InChI=1S/C28H25N3O5/c1-4-10-21-15-19(16-24(35-3)25(21)36-18(2)28(33)34)17-29-31-26(20-11-6-5-7-12-20)30-23-14-9-8-13-22(23)27(31)32/h4-9,11-18H,1,10H2,2-3H3,(H,33,34)/t18-/m1/s1. The Morgan fingerprint density at radius 2 is 1.89 bits per heavy atom. The first kappa shape index (κ1) is 24.4. The van der Waals surface area contributed by atoms with Gasteiger partial charge in [-0.2, -0.15) is 9.78 Å². The van der Waals surface area contributed by atoms with Gasteiger partial charge in [0, 0.05) is 11.1 Å². The number of ether oxygens (including phenoxy) is 2. The van der Waals surface area contributed by atoms with Crippen LogP contribution in [0.15, 0.2) is 89.3 Å². The van der Waals surface area contributed by atoms with Crippen molar-refractivity contribution in [2.75, 3.05) is 7.11 Å². The highest BCUT2D eigenvalue weighted by Gasteiger charge is 2.19. The normalized spacial score (nSPS) is 11.9. The van der Waals surface area contributed by atoms with E-state index in [2.05, 4.69) is 11.7 Å². The summed E-state index contributed by atoms with van der Waals surface area (Å²) >= 11 is 0. The van der Waals surface area contributed by atoms with Crippen LogP contribution in [0.25, 0.3) is 22.3 Å². The second kappa shape index (κ2) is 10.7. The molecule has 0 aliphatic heterocycles. The smallest absolute Gasteiger partial charge is 0.344 e. The fourth-order valence-corrected chi connectivity index (χ4v) is 3.71. The van der Waals surface area contributed by atoms with E-state index in [1.54, 1.807) is 36.4 Å². The molecule has 0 fully saturated rings. The van der Waals surface area contributed by atoms with Crippen LogP contribution < -0.4 is 15.0 Å². The number of benzene rings is 3. The van der Waals surface area contributed by atoms with Crippen molar-refractivity contribution in [2.45, 2.75) is 19.4 Å². The number of carboxylic acid groups (broad SMARTS) is 1. The van der Waals surface area contributed by atoms with Crippen LogP contribution in [0, 0.1) is 0 Å². The molecule has 0 spiro atoms. The Morgan fingerprint density at radius 1 is 1.17 bits per heavy atom. The molecule has 0 amide bonds. The van der Waals surface area contributed by atoms with E-state index >= 15 is 0 Å². The molecule has 36 heavy (non-hydrogen) atoms. The van der Waals surface area contributed by atoms with Crippen LogP contribution in [0.5, 0.6) is 11.5 Å². The summed E-state index contributed by atoms with van der Waals surface area (Å²) < 4.78 is 12.4. The molecule has 0 saturated heterocycles. The molecule has 4 rings (SSSR count). The second-order valence-electron chi connectivity index (χ2n) is 7.98. The lowest BCUT2D eigenvalue weighted by Gasteiger charge is -2.18. The van der Waals surface area contributed by atoms with Crippen molar-refractivity contribution >= 4 is 23.1 Å². The van der Waals surface area contributed by atoms with Crippen molar-refractivity contribution in [3.63, 3.8) is 0 Å². The van der Waals surface area contributed by atoms with E-state index in [1.807, 2.05) is 36.4 Å². The zero-order valence-electron chi connectivity index (χ0n) is 19.9. The third kappa shape index (κ3) is 5.02. The van der Waals surface area contributed by atoms with Crippen molar-refractivity contribution < 1.29 is 19.4 Å². The summed E-state index contributed by atoms with van der Waals surface area (Å²) in [5, 5.41) is 14.2. The van der Waals surface area contributed by atoms with E-state index < -0.39 is 12.1 Å². The Balaban J connectivity index is 1.85. The number of allylic oxidation sites excluding steroid dienone is 1. The molecule has 8 nitrogen and oxygen atoms in total. The highest BCUT2D eigenvalue weighted by Crippen LogP contribution is 2.34. The van der Waals surface area contributed by atoms with Crippen molar-refractivity contribution in [3.8, 4) is 22.9 Å². The first-order chi connectivity index (χ1) is 17.4. The monoisotopic (exact) mass is 483 g/mol. The van der Waals surface area contributed by atoms with Gasteiger partial charge in [0.2, 0.25) is 0 Å². The van der Waals surface area contributed by atoms with Crippen molar-refractivity contribution in [2.24, 2.45) is 5.10 Å². The maximum Gasteiger partial charge on any atom is 0.344 e. The Bertz CT molecular complexity index is 1510. The summed E-state index contributed by atoms with van der Waals surface area (Å²) in [5.41, 5.74) is 2.32. The number of aliphatic carboxylic acids is 1. The minimum absolute atomic E-state index is 0.302. The van der Waals surface area contributed by atoms with E-state index in [-0.39, 0.29) is 5.56 Å². The number of para-hydroxylation sites is 1. The van der Waals surface area contributed by atoms with Crippen LogP contribution in [0.4, 0.5) is 0 Å². The van der Waals surface area contributed by atoms with E-state index in [0.717, 1.165) is 5.56 Å². The van der Waals surface area contributed by atoms with Gasteiger partial charge >= 0.3 is 5.97 Å². The van der Waals surface area contributed by atoms with Gasteiger partial charge in [0.1, 0.15) is 0 Å². The maximum absolute atomic E-state index is 13.4. The Kier molecular flexibility index (Phi) is 7.25. The van der Waals surface area contributed by atoms with Gasteiger partial charge in [0.25, 0.3) is 5.56 Å². The molecule has 0 radical (unpaired) electrons. The topological polar surface area (TPSA) is 103 Å². The molecule has 1 heterocycles. The van der Waals surface area contributed by atoms with Crippen LogP contribution in [-0.4, -0.2) is 40.2 Å². The molecule has 4 aromatic rings. The Morgan fingerprint density at radius 3 is 2.58 bits per heavy atom. The molecular formula is C28H25N3O5. The SMILES string of the molecule is C=CCc1cc(C=Nn2c(-c3ccccc3)nc3ccccc3c2=O)cc(OC)c1O[C@H](C)C(=O)O. The van der Waals surface area contributed by atoms with Crippen LogP contribution in [0.1, 0.15) is 18.1 Å². The second-order valence-corrected chi connectivity index (χ2v) is 7.98. The van der Waals surface area contributed by atoms with Gasteiger partial charge in [-0.3, -0.25) is 4.79 Å². The molecule has 3 aromatic carbocycles. The number of carbonyl (C=O) groups is 1. The number of fused-ring (bicyclic) bond motifs is 1. The molecule has 0 unspecified atom stereocenters. The minimum Gasteiger partial charge on any atom is -0.493 e. The highest BCUT2D eigenvalue weighted by atomic mass is 16.5. The molecule has 8 heteroatoms. The molecule has 1 atom stereocenters. The van der Waals surface area contributed by atoms with Gasteiger partial charge in [0.05, 0.1) is 24.2 Å². The van der Waals surface area contributed by atoms with Gasteiger partial charge in [0.15, 0.2) is 23.4 Å². The van der Waals surface area contributed by atoms with Gasteiger partial charge in [-0.25, -0.2) is 9.78 Å². The predicted molar refractivity (Wildman–Crippen MR) is 139 cm³/mol. The molecule has 1 aromatic heterocycles. The molecule has 0 saturated carbocycles. The average Bonchev–Trinajstić information content (AvgIpc) is 2.89. The lowest BCUT2D eigenvalue weighted by atomic mass is 10.1. The summed E-state index contributed by atoms with van der Waals surface area (Å²) in [6, 6.07) is 19.9. The third-order valence-corrected chi connectivity index (χ3v) is 5.49. The van der Waals surface area contributed by atoms with E-state index in [0.29, 0.717) is 45.8 Å². The number of rotatable bonds is 9. The fraction of sp³-hybridized carbons (Fsp3) is 0.143. The quantitative estimate of drug-likeness (QED) is 0.277. The molecule has 0 aliphatic rings. The van der Waals surface area contributed by atoms with Gasteiger partial charge < -0.3 is 14.6 Å². The number of aromatic nitrogens is 2. The van der Waals surface area contributed by atoms with Gasteiger partial charge in [-0.15, -0.1) is 6.58 Å². The lowest BCUT2D eigenvalue weighted by Crippen LogP contribution is -2.23. The molecule has 182 valence electrons. The van der Waals surface area contributed by atoms with Crippen LogP contribution in [-0.2, 0) is 11.2 Å². The minimum atomic E-state index is -1.09. The number of carboxylic acids is 1. The molecular weight excluding hydrogens is 458 g/mol. The number of hydrogen-bond acceptors (Lipinski definition) is 6. The molecule has 0 bridgehead atoms. The van der Waals surface area contributed by atoms with Gasteiger partial charge in [-0.05, 0) is 43.2 Å². The number of nitrogens with zero attached hydrogens (tertiary/aromatic N) is 3. The summed E-state index contributed by atoms with van der Waals surface area (Å²) in [7, 11) is 1.47. The average molecular weight is 484 g/mol. The maximum atomic E-state index is 13.4. The van der Waals surface area contributed by atoms with Crippen LogP contribution in [0.2, 0.25) is 0 Å². The molecule has 1 N–H and O–H groups in total. The van der Waals surface area contributed by atoms with E-state index in [9.17, 15) is 14.7 Å². The number of methoxy groups -OCH3 is 1. The summed E-state index contributed by atoms with van der Waals surface area (Å²) in [6.45, 7) is 5.22. The lowest BCUT2D eigenvalue weighted by molar-refractivity contribution is -0.144. The van der Waals surface area contributed by atoms with Crippen molar-refractivity contribution in [1.82, 2.24) is 9.66 Å². The summed E-state index contributed by atoms with van der Waals surface area (Å²) in [4.78, 5) is 29.4. The summed E-state index contributed by atoms with van der Waals surface area (Å²) in [5.74, 6) is -0.0249. The predicted octanol–water partition coefficient (Wildman–Crippen LogP) is 4.53. The number of hydrogen-bond donors (Lipinski definition) is 1. The molecule has 0 aliphatic carbocycles. The Hall–Kier alpha value is -4.72. The highest BCUT2D eigenvalue weighted by molar-refractivity contribution is 5.83. The van der Waals surface area contributed by atoms with E-state index in [4.69, 9.17) is 14.5 Å². The third-order valence-electron chi connectivity index (χ3n) is 5.49. The van der Waals surface area contributed by atoms with Crippen LogP contribution >= 0.6 is 0 Å². The fourth-order valence-electron chi connectivity index (χ4n) is 3.71. The van der Waals surface area contributed by atoms with E-state index in [1.165, 1.54) is 24.9 Å². The van der Waals surface area contributed by atoms with Crippen molar-refractivity contribution in [1.29, 1.82) is 0 Å². The zero-order chi connectivity index (χ0) is 25.7. The largest absolute Gasteiger partial charge is 0.493 e. The van der Waals surface area contributed by atoms with Crippen molar-refractivity contribution in [3.05, 3.63) is 101 Å². The van der Waals surface area contributed by atoms with Gasteiger partial charge in [-0.1, -0.05) is 48.5 Å². The zero-order valence-corrected chi connectivity index (χ0v) is 19.9. The summed E-state index contributed by atoms with van der Waals surface area (Å²) in [6.07, 6.45) is 2.55. The first-order valence-electron chi connectivity index (χ1n) is 11.3. The Labute approximate surface area is 207 Å².